The summed E-state index contributed by atoms with van der Waals surface area (Å²) < 4.78 is 0. The minimum atomic E-state index is -0.225. The molecule has 0 saturated carbocycles. The van der Waals surface area contributed by atoms with Gasteiger partial charge in [-0.05, 0) is 0 Å². The van der Waals surface area contributed by atoms with E-state index in [0.717, 1.165) is 17.3 Å². The molecule has 0 aliphatic heterocycles. The molecule has 0 atom stereocenters. The molecule has 13 heteroatoms. The van der Waals surface area contributed by atoms with Crippen LogP contribution in [0.15, 0.2) is 0 Å². The second-order valence-electron chi connectivity index (χ2n) is 5.51. The fourth-order valence-electron chi connectivity index (χ4n) is 1.55. The van der Waals surface area contributed by atoms with Crippen molar-refractivity contribution in [3.05, 3.63) is 0 Å². The number of rotatable bonds is 16. The standard InChI is InChI=1S/C9H17N3O3S.C8H17N3O2S/c1-2-8(14)10-4-6-16-5-3-9(15)12-11-7-13;1-2-7(12)10-4-6-14-5-3-8(13)11-9/h7H,2-6H2,1H3,(H,10,14)(H,11,13)(H,12,15);2-6,9H2,1H3,(H,10,12)(H,11,13). The van der Waals surface area contributed by atoms with Gasteiger partial charge in [-0.25, -0.2) is 5.84 Å². The second-order valence-corrected chi connectivity index (χ2v) is 7.96. The second kappa shape index (κ2) is 23.3. The van der Waals surface area contributed by atoms with Gasteiger partial charge in [-0.15, -0.1) is 0 Å². The number of amides is 5. The lowest BCUT2D eigenvalue weighted by molar-refractivity contribution is -0.124. The van der Waals surface area contributed by atoms with Crippen LogP contribution in [0.2, 0.25) is 0 Å². The van der Waals surface area contributed by atoms with Crippen molar-refractivity contribution in [1.29, 1.82) is 0 Å². The fourth-order valence-corrected chi connectivity index (χ4v) is 3.11. The lowest BCUT2D eigenvalue weighted by atomic mass is 10.4. The smallest absolute Gasteiger partial charge is 0.239 e. The Morgan fingerprint density at radius 2 is 1.23 bits per heavy atom. The van der Waals surface area contributed by atoms with Crippen molar-refractivity contribution in [3.8, 4) is 0 Å². The van der Waals surface area contributed by atoms with E-state index < -0.39 is 0 Å². The minimum Gasteiger partial charge on any atom is -0.355 e. The molecule has 0 saturated heterocycles. The average molecular weight is 467 g/mol. The van der Waals surface area contributed by atoms with Crippen LogP contribution in [0.1, 0.15) is 39.5 Å². The summed E-state index contributed by atoms with van der Waals surface area (Å²) in [5.74, 6) is 7.61. The first kappa shape index (κ1) is 30.2. The lowest BCUT2D eigenvalue weighted by Crippen LogP contribution is -2.36. The van der Waals surface area contributed by atoms with Gasteiger partial charge in [-0.3, -0.25) is 40.3 Å². The third kappa shape index (κ3) is 24.0. The molecule has 0 aliphatic carbocycles. The van der Waals surface area contributed by atoms with E-state index in [1.54, 1.807) is 30.4 Å². The molecule has 0 fully saturated rings. The molecular weight excluding hydrogens is 432 g/mol. The van der Waals surface area contributed by atoms with Crippen LogP contribution >= 0.6 is 23.5 Å². The normalized spacial score (nSPS) is 9.43. The first-order valence-corrected chi connectivity index (χ1v) is 11.9. The molecule has 11 nitrogen and oxygen atoms in total. The Hall–Kier alpha value is -1.99. The molecule has 0 aromatic heterocycles. The lowest BCUT2D eigenvalue weighted by Gasteiger charge is -2.04. The molecule has 174 valence electrons. The van der Waals surface area contributed by atoms with E-state index in [1.807, 2.05) is 6.92 Å². The number of hydrogen-bond donors (Lipinski definition) is 6. The number of hydrazine groups is 2. The van der Waals surface area contributed by atoms with Gasteiger partial charge in [0.25, 0.3) is 0 Å². The Balaban J connectivity index is 0. The van der Waals surface area contributed by atoms with E-state index in [0.29, 0.717) is 50.9 Å². The molecule has 7 N–H and O–H groups in total. The van der Waals surface area contributed by atoms with Crippen molar-refractivity contribution in [2.75, 3.05) is 36.1 Å². The van der Waals surface area contributed by atoms with Gasteiger partial charge in [0.05, 0.1) is 0 Å². The number of carbonyl (C=O) groups excluding carboxylic acids is 5. The van der Waals surface area contributed by atoms with E-state index >= 15 is 0 Å². The first-order chi connectivity index (χ1) is 14.4. The van der Waals surface area contributed by atoms with E-state index in [9.17, 15) is 24.0 Å². The molecule has 0 rings (SSSR count). The number of nitrogens with two attached hydrogens (primary N) is 1. The zero-order chi connectivity index (χ0) is 23.0. The van der Waals surface area contributed by atoms with Gasteiger partial charge in [0.1, 0.15) is 0 Å². The SMILES string of the molecule is CCC(=O)NCCSCCC(=O)NN.CCC(=O)NCCSCCC(=O)NNC=O. The van der Waals surface area contributed by atoms with Crippen LogP contribution in [0, 0.1) is 0 Å². The molecule has 0 radical (unpaired) electrons. The fraction of sp³-hybridized carbons (Fsp3) is 0.706. The van der Waals surface area contributed by atoms with Crippen molar-refractivity contribution in [2.24, 2.45) is 5.84 Å². The van der Waals surface area contributed by atoms with Gasteiger partial charge in [0, 0.05) is 61.8 Å². The van der Waals surface area contributed by atoms with Crippen LogP contribution < -0.4 is 32.8 Å². The summed E-state index contributed by atoms with van der Waals surface area (Å²) in [6.07, 6.45) is 2.17. The zero-order valence-corrected chi connectivity index (χ0v) is 19.2. The number of hydrogen-bond acceptors (Lipinski definition) is 8. The highest BCUT2D eigenvalue weighted by Gasteiger charge is 2.00. The third-order valence-corrected chi connectivity index (χ3v) is 5.13. The third-order valence-electron chi connectivity index (χ3n) is 3.16. The van der Waals surface area contributed by atoms with Gasteiger partial charge in [0.2, 0.25) is 30.0 Å². The zero-order valence-electron chi connectivity index (χ0n) is 17.6. The van der Waals surface area contributed by atoms with Crippen LogP contribution in [0.3, 0.4) is 0 Å². The van der Waals surface area contributed by atoms with Gasteiger partial charge in [0.15, 0.2) is 0 Å². The molecule has 0 aromatic carbocycles. The highest BCUT2D eigenvalue weighted by molar-refractivity contribution is 7.99. The molecule has 0 aliphatic rings. The molecular formula is C17H34N6O5S2. The summed E-state index contributed by atoms with van der Waals surface area (Å²) in [6, 6.07) is 0. The summed E-state index contributed by atoms with van der Waals surface area (Å²) in [7, 11) is 0. The molecule has 5 amide bonds. The monoisotopic (exact) mass is 466 g/mol. The van der Waals surface area contributed by atoms with E-state index in [-0.39, 0.29) is 23.6 Å². The van der Waals surface area contributed by atoms with Crippen molar-refractivity contribution in [3.63, 3.8) is 0 Å². The number of thioether (sulfide) groups is 2. The van der Waals surface area contributed by atoms with E-state index in [2.05, 4.69) is 26.9 Å². The Labute approximate surface area is 186 Å². The minimum absolute atomic E-state index is 0.0357. The Kier molecular flexibility index (Phi) is 23.4. The van der Waals surface area contributed by atoms with Crippen LogP contribution in [-0.4, -0.2) is 66.1 Å². The topological polar surface area (TPSA) is 172 Å². The molecule has 0 heterocycles. The van der Waals surface area contributed by atoms with Gasteiger partial charge in [-0.2, -0.15) is 23.5 Å². The predicted octanol–water partition coefficient (Wildman–Crippen LogP) is -0.961. The molecule has 0 spiro atoms. The maximum Gasteiger partial charge on any atom is 0.239 e. The largest absolute Gasteiger partial charge is 0.355 e. The summed E-state index contributed by atoms with van der Waals surface area (Å²) in [5.41, 5.74) is 6.35. The first-order valence-electron chi connectivity index (χ1n) is 9.57. The highest BCUT2D eigenvalue weighted by atomic mass is 32.2. The number of carbonyl (C=O) groups is 5. The average Bonchev–Trinajstić information content (AvgIpc) is 2.76. The van der Waals surface area contributed by atoms with Crippen LogP contribution in [0.25, 0.3) is 0 Å². The van der Waals surface area contributed by atoms with Crippen molar-refractivity contribution in [1.82, 2.24) is 26.9 Å². The number of nitrogens with one attached hydrogen (secondary N) is 5. The van der Waals surface area contributed by atoms with E-state index in [1.165, 1.54) is 0 Å². The van der Waals surface area contributed by atoms with Crippen LogP contribution in [-0.2, 0) is 24.0 Å². The highest BCUT2D eigenvalue weighted by Crippen LogP contribution is 2.01. The predicted molar refractivity (Wildman–Crippen MR) is 120 cm³/mol. The van der Waals surface area contributed by atoms with Gasteiger partial charge >= 0.3 is 0 Å². The van der Waals surface area contributed by atoms with Crippen LogP contribution in [0.4, 0.5) is 0 Å². The van der Waals surface area contributed by atoms with Crippen molar-refractivity contribution >= 4 is 53.6 Å². The Morgan fingerprint density at radius 1 is 0.767 bits per heavy atom. The maximum absolute atomic E-state index is 11.0. The molecule has 0 unspecified atom stereocenters. The van der Waals surface area contributed by atoms with Crippen molar-refractivity contribution < 1.29 is 24.0 Å². The molecule has 0 aromatic rings. The van der Waals surface area contributed by atoms with Gasteiger partial charge < -0.3 is 10.6 Å². The van der Waals surface area contributed by atoms with Crippen molar-refractivity contribution in [2.45, 2.75) is 39.5 Å². The Morgan fingerprint density at radius 3 is 1.63 bits per heavy atom. The van der Waals surface area contributed by atoms with E-state index in [4.69, 9.17) is 5.84 Å². The quantitative estimate of drug-likeness (QED) is 0.0555. The summed E-state index contributed by atoms with van der Waals surface area (Å²) in [5, 5.41) is 5.49. The molecule has 30 heavy (non-hydrogen) atoms. The maximum atomic E-state index is 11.0. The molecule has 0 bridgehead atoms. The summed E-state index contributed by atoms with van der Waals surface area (Å²) in [6.45, 7) is 4.88. The van der Waals surface area contributed by atoms with Gasteiger partial charge in [-0.1, -0.05) is 13.8 Å². The Bertz CT molecular complexity index is 491. The summed E-state index contributed by atoms with van der Waals surface area (Å²) >= 11 is 3.19. The van der Waals surface area contributed by atoms with Crippen LogP contribution in [0.5, 0.6) is 0 Å². The summed E-state index contributed by atoms with van der Waals surface area (Å²) in [4.78, 5) is 53.1.